The Labute approximate surface area is 116 Å². The normalized spacial score (nSPS) is 27.2. The molecule has 0 heterocycles. The van der Waals surface area contributed by atoms with Crippen LogP contribution in [0.2, 0.25) is 0 Å². The molecule has 0 radical (unpaired) electrons. The highest BCUT2D eigenvalue weighted by atomic mass is 15.1. The number of nitrogens with one attached hydrogen (secondary N) is 1. The molecular weight excluding hydrogens is 234 g/mol. The van der Waals surface area contributed by atoms with Gasteiger partial charge in [0.05, 0.1) is 6.07 Å². The van der Waals surface area contributed by atoms with E-state index in [0.29, 0.717) is 6.04 Å². The Morgan fingerprint density at radius 1 is 1.32 bits per heavy atom. The maximum Gasteiger partial charge on any atom is 0.106 e. The van der Waals surface area contributed by atoms with Crippen molar-refractivity contribution in [3.63, 3.8) is 0 Å². The molecule has 0 atom stereocenters. The fourth-order valence-corrected chi connectivity index (χ4v) is 2.95. The van der Waals surface area contributed by atoms with Crippen LogP contribution >= 0.6 is 0 Å². The molecular formula is C16H23N3. The van der Waals surface area contributed by atoms with E-state index < -0.39 is 0 Å². The zero-order valence-corrected chi connectivity index (χ0v) is 11.9. The van der Waals surface area contributed by atoms with Gasteiger partial charge in [-0.25, -0.2) is 0 Å². The van der Waals surface area contributed by atoms with Crippen LogP contribution in [0.4, 0.5) is 0 Å². The molecule has 1 aromatic rings. The average molecular weight is 257 g/mol. The number of benzene rings is 1. The second-order valence-corrected chi connectivity index (χ2v) is 5.58. The molecule has 1 aliphatic carbocycles. The summed E-state index contributed by atoms with van der Waals surface area (Å²) in [5.41, 5.74) is 1.07. The molecule has 1 saturated carbocycles. The fraction of sp³-hybridized carbons (Fsp3) is 0.562. The number of hydrogen-bond donors (Lipinski definition) is 1. The molecule has 102 valence electrons. The van der Waals surface area contributed by atoms with E-state index in [0.717, 1.165) is 32.2 Å². The zero-order valence-electron chi connectivity index (χ0n) is 11.9. The number of nitriles is 1. The Hall–Kier alpha value is -1.37. The molecule has 0 saturated heterocycles. The molecule has 2 rings (SSSR count). The van der Waals surface area contributed by atoms with Gasteiger partial charge in [-0.3, -0.25) is 4.90 Å². The van der Waals surface area contributed by atoms with Crippen molar-refractivity contribution in [3.05, 3.63) is 35.9 Å². The van der Waals surface area contributed by atoms with E-state index in [1.807, 2.05) is 7.05 Å². The second-order valence-electron chi connectivity index (χ2n) is 5.58. The molecule has 3 heteroatoms. The summed E-state index contributed by atoms with van der Waals surface area (Å²) < 4.78 is 0. The largest absolute Gasteiger partial charge is 0.302 e. The first-order chi connectivity index (χ1) is 9.19. The van der Waals surface area contributed by atoms with Gasteiger partial charge in [0.2, 0.25) is 0 Å². The van der Waals surface area contributed by atoms with Gasteiger partial charge < -0.3 is 5.32 Å². The molecule has 1 N–H and O–H groups in total. The lowest BCUT2D eigenvalue weighted by Gasteiger charge is -2.38. The van der Waals surface area contributed by atoms with Crippen molar-refractivity contribution in [1.82, 2.24) is 10.2 Å². The van der Waals surface area contributed by atoms with E-state index in [9.17, 15) is 5.26 Å². The predicted octanol–water partition coefficient (Wildman–Crippen LogP) is 2.54. The van der Waals surface area contributed by atoms with Gasteiger partial charge in [0, 0.05) is 12.6 Å². The Kier molecular flexibility index (Phi) is 4.57. The Morgan fingerprint density at radius 2 is 1.95 bits per heavy atom. The SMILES string of the molecule is CNC1(C#N)CCC(N(C)Cc2ccccc2)CC1. The maximum absolute atomic E-state index is 9.28. The minimum absolute atomic E-state index is 0.288. The van der Waals surface area contributed by atoms with E-state index in [1.54, 1.807) is 0 Å². The van der Waals surface area contributed by atoms with E-state index in [2.05, 4.69) is 53.7 Å². The molecule has 19 heavy (non-hydrogen) atoms. The van der Waals surface area contributed by atoms with Crippen molar-refractivity contribution in [2.45, 2.75) is 43.8 Å². The molecule has 0 aromatic heterocycles. The van der Waals surface area contributed by atoms with Crippen LogP contribution in [-0.2, 0) is 6.54 Å². The molecule has 0 aliphatic heterocycles. The van der Waals surface area contributed by atoms with Crippen molar-refractivity contribution in [1.29, 1.82) is 5.26 Å². The van der Waals surface area contributed by atoms with Gasteiger partial charge in [0.25, 0.3) is 0 Å². The van der Waals surface area contributed by atoms with Crippen molar-refractivity contribution in [3.8, 4) is 6.07 Å². The zero-order chi connectivity index (χ0) is 13.7. The van der Waals surface area contributed by atoms with Gasteiger partial charge in [-0.15, -0.1) is 0 Å². The lowest BCUT2D eigenvalue weighted by Crippen LogP contribution is -2.48. The molecule has 0 spiro atoms. The molecule has 0 unspecified atom stereocenters. The van der Waals surface area contributed by atoms with Gasteiger partial charge in [-0.05, 0) is 45.3 Å². The van der Waals surface area contributed by atoms with Crippen LogP contribution in [0, 0.1) is 11.3 Å². The first-order valence-electron chi connectivity index (χ1n) is 7.03. The second kappa shape index (κ2) is 6.18. The molecule has 0 amide bonds. The van der Waals surface area contributed by atoms with Crippen LogP contribution in [0.15, 0.2) is 30.3 Å². The monoisotopic (exact) mass is 257 g/mol. The van der Waals surface area contributed by atoms with Crippen LogP contribution in [0.3, 0.4) is 0 Å². The summed E-state index contributed by atoms with van der Waals surface area (Å²) >= 11 is 0. The van der Waals surface area contributed by atoms with Gasteiger partial charge in [0.1, 0.15) is 5.54 Å². The summed E-state index contributed by atoms with van der Waals surface area (Å²) in [5, 5.41) is 12.5. The Bertz CT molecular complexity index is 427. The smallest absolute Gasteiger partial charge is 0.106 e. The standard InChI is InChI=1S/C16H23N3/c1-18-16(13-17)10-8-15(9-11-16)19(2)12-14-6-4-3-5-7-14/h3-7,15,18H,8-12H2,1-2H3. The van der Waals surface area contributed by atoms with Crippen LogP contribution in [0.5, 0.6) is 0 Å². The van der Waals surface area contributed by atoms with Crippen molar-refractivity contribution >= 4 is 0 Å². The summed E-state index contributed by atoms with van der Waals surface area (Å²) in [6.07, 6.45) is 4.09. The number of hydrogen-bond acceptors (Lipinski definition) is 3. The summed E-state index contributed by atoms with van der Waals surface area (Å²) in [5.74, 6) is 0. The highest BCUT2D eigenvalue weighted by molar-refractivity contribution is 5.15. The third kappa shape index (κ3) is 3.34. The third-order valence-electron chi connectivity index (χ3n) is 4.40. The summed E-state index contributed by atoms with van der Waals surface area (Å²) in [6, 6.07) is 13.6. The first-order valence-corrected chi connectivity index (χ1v) is 7.03. The quantitative estimate of drug-likeness (QED) is 0.901. The van der Waals surface area contributed by atoms with Gasteiger partial charge in [-0.2, -0.15) is 5.26 Å². The van der Waals surface area contributed by atoms with Gasteiger partial charge >= 0.3 is 0 Å². The lowest BCUT2D eigenvalue weighted by molar-refractivity contribution is 0.151. The van der Waals surface area contributed by atoms with Crippen LogP contribution in [-0.4, -0.2) is 30.6 Å². The molecule has 1 aliphatic rings. The van der Waals surface area contributed by atoms with Crippen LogP contribution in [0.25, 0.3) is 0 Å². The summed E-state index contributed by atoms with van der Waals surface area (Å²) in [7, 11) is 4.09. The van der Waals surface area contributed by atoms with E-state index in [1.165, 1.54) is 5.56 Å². The van der Waals surface area contributed by atoms with Crippen LogP contribution in [0.1, 0.15) is 31.2 Å². The minimum atomic E-state index is -0.288. The molecule has 3 nitrogen and oxygen atoms in total. The number of nitrogens with zero attached hydrogens (tertiary/aromatic N) is 2. The van der Waals surface area contributed by atoms with Crippen molar-refractivity contribution in [2.24, 2.45) is 0 Å². The van der Waals surface area contributed by atoms with Gasteiger partial charge in [0.15, 0.2) is 0 Å². The Balaban J connectivity index is 1.89. The molecule has 1 aromatic carbocycles. The fourth-order valence-electron chi connectivity index (χ4n) is 2.95. The number of rotatable bonds is 4. The minimum Gasteiger partial charge on any atom is -0.302 e. The maximum atomic E-state index is 9.28. The van der Waals surface area contributed by atoms with E-state index in [4.69, 9.17) is 0 Å². The highest BCUT2D eigenvalue weighted by Crippen LogP contribution is 2.30. The van der Waals surface area contributed by atoms with Crippen molar-refractivity contribution in [2.75, 3.05) is 14.1 Å². The summed E-state index contributed by atoms with van der Waals surface area (Å²) in [6.45, 7) is 0.991. The third-order valence-corrected chi connectivity index (χ3v) is 4.40. The topological polar surface area (TPSA) is 39.1 Å². The predicted molar refractivity (Wildman–Crippen MR) is 77.6 cm³/mol. The van der Waals surface area contributed by atoms with Crippen molar-refractivity contribution < 1.29 is 0 Å². The lowest BCUT2D eigenvalue weighted by atomic mass is 9.80. The first kappa shape index (κ1) is 14.0. The average Bonchev–Trinajstić information content (AvgIpc) is 2.48. The van der Waals surface area contributed by atoms with E-state index in [-0.39, 0.29) is 5.54 Å². The molecule has 0 bridgehead atoms. The van der Waals surface area contributed by atoms with E-state index >= 15 is 0 Å². The van der Waals surface area contributed by atoms with Gasteiger partial charge in [-0.1, -0.05) is 30.3 Å². The van der Waals surface area contributed by atoms with Crippen LogP contribution < -0.4 is 5.32 Å². The summed E-state index contributed by atoms with van der Waals surface area (Å²) in [4.78, 5) is 2.42. The molecule has 1 fully saturated rings. The highest BCUT2D eigenvalue weighted by Gasteiger charge is 2.35. The Morgan fingerprint density at radius 3 is 2.47 bits per heavy atom.